The van der Waals surface area contributed by atoms with E-state index in [9.17, 15) is 13.2 Å². The Balaban J connectivity index is 2.65. The number of hydrogen-bond acceptors (Lipinski definition) is 3. The summed E-state index contributed by atoms with van der Waals surface area (Å²) in [5, 5.41) is 2.71. The summed E-state index contributed by atoms with van der Waals surface area (Å²) in [5.41, 5.74) is 1.77. The molecule has 0 aliphatic heterocycles. The molecule has 6 heteroatoms. The molecule has 0 spiro atoms. The summed E-state index contributed by atoms with van der Waals surface area (Å²) in [4.78, 5) is 12.0. The number of nitrogens with zero attached hydrogens (tertiary/aromatic N) is 1. The first-order chi connectivity index (χ1) is 9.68. The predicted molar refractivity (Wildman–Crippen MR) is 85.7 cm³/mol. The van der Waals surface area contributed by atoms with Gasteiger partial charge in [0, 0.05) is 12.2 Å². The van der Waals surface area contributed by atoms with Crippen molar-refractivity contribution in [2.45, 2.75) is 27.2 Å². The van der Waals surface area contributed by atoms with Crippen LogP contribution in [-0.2, 0) is 14.8 Å². The summed E-state index contributed by atoms with van der Waals surface area (Å²) in [6.45, 7) is 6.21. The summed E-state index contributed by atoms with van der Waals surface area (Å²) in [6, 6.07) is 7.38. The van der Waals surface area contributed by atoms with Gasteiger partial charge in [-0.25, -0.2) is 8.42 Å². The predicted octanol–water partition coefficient (Wildman–Crippen LogP) is 2.24. The van der Waals surface area contributed by atoms with Gasteiger partial charge in [-0.2, -0.15) is 4.31 Å². The van der Waals surface area contributed by atoms with E-state index in [-0.39, 0.29) is 12.5 Å². The van der Waals surface area contributed by atoms with E-state index < -0.39 is 10.0 Å². The maximum atomic E-state index is 12.0. The molecule has 0 saturated heterocycles. The lowest BCUT2D eigenvalue weighted by atomic mass is 10.1. The molecule has 118 valence electrons. The second-order valence-corrected chi connectivity index (χ2v) is 7.68. The van der Waals surface area contributed by atoms with Crippen LogP contribution >= 0.6 is 0 Å². The maximum absolute atomic E-state index is 12.0. The SMILES string of the molecule is Cc1ccc(NC(=O)CN(CCC(C)C)S(C)(=O)=O)cc1. The van der Waals surface area contributed by atoms with Crippen molar-refractivity contribution in [3.63, 3.8) is 0 Å². The second-order valence-electron chi connectivity index (χ2n) is 5.69. The second kappa shape index (κ2) is 7.56. The third-order valence-corrected chi connectivity index (χ3v) is 4.33. The molecule has 0 unspecified atom stereocenters. The van der Waals surface area contributed by atoms with Gasteiger partial charge in [0.05, 0.1) is 12.8 Å². The molecule has 0 radical (unpaired) electrons. The Kier molecular flexibility index (Phi) is 6.36. The Morgan fingerprint density at radius 2 is 1.81 bits per heavy atom. The van der Waals surface area contributed by atoms with Crippen LogP contribution < -0.4 is 5.32 Å². The van der Waals surface area contributed by atoms with Gasteiger partial charge in [0.2, 0.25) is 15.9 Å². The van der Waals surface area contributed by atoms with Gasteiger partial charge in [0.15, 0.2) is 0 Å². The van der Waals surface area contributed by atoms with Crippen molar-refractivity contribution in [2.24, 2.45) is 5.92 Å². The quantitative estimate of drug-likeness (QED) is 0.839. The Labute approximate surface area is 127 Å². The molecule has 1 aromatic rings. The molecule has 21 heavy (non-hydrogen) atoms. The molecule has 1 N–H and O–H groups in total. The normalized spacial score (nSPS) is 11.9. The highest BCUT2D eigenvalue weighted by Gasteiger charge is 2.20. The largest absolute Gasteiger partial charge is 0.325 e. The van der Waals surface area contributed by atoms with E-state index in [1.54, 1.807) is 12.1 Å². The van der Waals surface area contributed by atoms with Gasteiger partial charge in [-0.05, 0) is 31.4 Å². The van der Waals surface area contributed by atoms with Crippen LogP contribution in [0.5, 0.6) is 0 Å². The number of benzene rings is 1. The monoisotopic (exact) mass is 312 g/mol. The van der Waals surface area contributed by atoms with Crippen LogP contribution in [-0.4, -0.2) is 38.0 Å². The number of aryl methyl sites for hydroxylation is 1. The number of anilines is 1. The third-order valence-electron chi connectivity index (χ3n) is 3.08. The van der Waals surface area contributed by atoms with E-state index >= 15 is 0 Å². The summed E-state index contributed by atoms with van der Waals surface area (Å²) >= 11 is 0. The highest BCUT2D eigenvalue weighted by Crippen LogP contribution is 2.10. The molecule has 0 bridgehead atoms. The minimum absolute atomic E-state index is 0.153. The zero-order chi connectivity index (χ0) is 16.0. The first kappa shape index (κ1) is 17.7. The van der Waals surface area contributed by atoms with Crippen molar-refractivity contribution >= 4 is 21.6 Å². The molecule has 0 aliphatic carbocycles. The van der Waals surface area contributed by atoms with Crippen LogP contribution in [0.15, 0.2) is 24.3 Å². The van der Waals surface area contributed by atoms with Gasteiger partial charge in [-0.3, -0.25) is 4.79 Å². The average Bonchev–Trinajstić information content (AvgIpc) is 2.35. The lowest BCUT2D eigenvalue weighted by molar-refractivity contribution is -0.116. The number of rotatable bonds is 7. The molecule has 1 amide bonds. The van der Waals surface area contributed by atoms with E-state index in [0.717, 1.165) is 18.2 Å². The van der Waals surface area contributed by atoms with Gasteiger partial charge in [-0.1, -0.05) is 31.5 Å². The lowest BCUT2D eigenvalue weighted by Crippen LogP contribution is -2.38. The number of hydrogen-bond donors (Lipinski definition) is 1. The average molecular weight is 312 g/mol. The minimum atomic E-state index is -3.38. The van der Waals surface area contributed by atoms with Gasteiger partial charge in [0.25, 0.3) is 0 Å². The van der Waals surface area contributed by atoms with E-state index in [2.05, 4.69) is 5.32 Å². The van der Waals surface area contributed by atoms with Crippen molar-refractivity contribution in [1.29, 1.82) is 0 Å². The number of amides is 1. The van der Waals surface area contributed by atoms with Gasteiger partial charge < -0.3 is 5.32 Å². The molecule has 1 aromatic carbocycles. The third kappa shape index (κ3) is 6.73. The van der Waals surface area contributed by atoms with Crippen LogP contribution in [0.4, 0.5) is 5.69 Å². The molecular formula is C15H24N2O3S. The van der Waals surface area contributed by atoms with Gasteiger partial charge in [-0.15, -0.1) is 0 Å². The van der Waals surface area contributed by atoms with Crippen LogP contribution in [0.25, 0.3) is 0 Å². The fourth-order valence-corrected chi connectivity index (χ4v) is 2.55. The van der Waals surface area contributed by atoms with E-state index in [0.29, 0.717) is 18.2 Å². The molecule has 0 aromatic heterocycles. The fraction of sp³-hybridized carbons (Fsp3) is 0.533. The summed E-state index contributed by atoms with van der Waals surface area (Å²) < 4.78 is 24.7. The van der Waals surface area contributed by atoms with Gasteiger partial charge >= 0.3 is 0 Å². The van der Waals surface area contributed by atoms with Gasteiger partial charge in [0.1, 0.15) is 0 Å². The fourth-order valence-electron chi connectivity index (χ4n) is 1.76. The first-order valence-corrected chi connectivity index (χ1v) is 8.85. The Morgan fingerprint density at radius 3 is 2.29 bits per heavy atom. The summed E-state index contributed by atoms with van der Waals surface area (Å²) in [6.07, 6.45) is 1.86. The summed E-state index contributed by atoms with van der Waals surface area (Å²) in [5.74, 6) is 0.0578. The highest BCUT2D eigenvalue weighted by molar-refractivity contribution is 7.88. The number of carbonyl (C=O) groups is 1. The number of carbonyl (C=O) groups excluding carboxylic acids is 1. The Morgan fingerprint density at radius 1 is 1.24 bits per heavy atom. The van der Waals surface area contributed by atoms with E-state index in [4.69, 9.17) is 0 Å². The molecular weight excluding hydrogens is 288 g/mol. The number of sulfonamides is 1. The Hall–Kier alpha value is -1.40. The minimum Gasteiger partial charge on any atom is -0.325 e. The topological polar surface area (TPSA) is 66.5 Å². The molecule has 1 rings (SSSR count). The van der Waals surface area contributed by atoms with E-state index in [1.165, 1.54) is 4.31 Å². The van der Waals surface area contributed by atoms with Crippen molar-refractivity contribution < 1.29 is 13.2 Å². The zero-order valence-corrected chi connectivity index (χ0v) is 13.9. The molecule has 0 aliphatic rings. The molecule has 5 nitrogen and oxygen atoms in total. The van der Waals surface area contributed by atoms with Crippen LogP contribution in [0, 0.1) is 12.8 Å². The Bertz CT molecular complexity index is 565. The van der Waals surface area contributed by atoms with Crippen molar-refractivity contribution in [2.75, 3.05) is 24.7 Å². The summed E-state index contributed by atoms with van der Waals surface area (Å²) in [7, 11) is -3.38. The first-order valence-electron chi connectivity index (χ1n) is 7.00. The molecule has 0 heterocycles. The highest BCUT2D eigenvalue weighted by atomic mass is 32.2. The smallest absolute Gasteiger partial charge is 0.239 e. The van der Waals surface area contributed by atoms with Crippen LogP contribution in [0.1, 0.15) is 25.8 Å². The van der Waals surface area contributed by atoms with Crippen molar-refractivity contribution in [1.82, 2.24) is 4.31 Å². The molecule has 0 fully saturated rings. The van der Waals surface area contributed by atoms with E-state index in [1.807, 2.05) is 32.9 Å². The van der Waals surface area contributed by atoms with Crippen molar-refractivity contribution in [3.8, 4) is 0 Å². The van der Waals surface area contributed by atoms with Crippen LogP contribution in [0.2, 0.25) is 0 Å². The molecule has 0 saturated carbocycles. The lowest BCUT2D eigenvalue weighted by Gasteiger charge is -2.20. The number of nitrogens with one attached hydrogen (secondary N) is 1. The maximum Gasteiger partial charge on any atom is 0.239 e. The van der Waals surface area contributed by atoms with Crippen LogP contribution in [0.3, 0.4) is 0 Å². The zero-order valence-electron chi connectivity index (χ0n) is 13.1. The molecule has 0 atom stereocenters. The van der Waals surface area contributed by atoms with Crippen molar-refractivity contribution in [3.05, 3.63) is 29.8 Å². The standard InChI is InChI=1S/C15H24N2O3S/c1-12(2)9-10-17(21(4,19)20)11-15(18)16-14-7-5-13(3)6-8-14/h5-8,12H,9-11H2,1-4H3,(H,16,18).